The predicted molar refractivity (Wildman–Crippen MR) is 85.9 cm³/mol. The van der Waals surface area contributed by atoms with Crippen LogP contribution in [0.5, 0.6) is 0 Å². The Balaban J connectivity index is 1.68. The monoisotopic (exact) mass is 307 g/mol. The van der Waals surface area contributed by atoms with Crippen molar-refractivity contribution in [2.24, 2.45) is 0 Å². The first-order chi connectivity index (χ1) is 11.3. The van der Waals surface area contributed by atoms with Gasteiger partial charge in [-0.05, 0) is 38.3 Å². The average Bonchev–Trinajstić information content (AvgIpc) is 3.22. The van der Waals surface area contributed by atoms with Gasteiger partial charge >= 0.3 is 0 Å². The predicted octanol–water partition coefficient (Wildman–Crippen LogP) is 2.94. The minimum absolute atomic E-state index is 0.596. The number of aryl methyl sites for hydroxylation is 2. The van der Waals surface area contributed by atoms with E-state index in [9.17, 15) is 0 Å². The SMILES string of the molecule is Cc1conc1CNc1nc(-c2cccnc2)nc2c1CCC2. The largest absolute Gasteiger partial charge is 0.364 e. The normalized spacial score (nSPS) is 13.1. The number of anilines is 1. The molecule has 0 aromatic carbocycles. The Hall–Kier alpha value is -2.76. The summed E-state index contributed by atoms with van der Waals surface area (Å²) in [6, 6.07) is 3.88. The van der Waals surface area contributed by atoms with Crippen LogP contribution in [-0.2, 0) is 19.4 Å². The van der Waals surface area contributed by atoms with E-state index in [2.05, 4.69) is 15.5 Å². The highest BCUT2D eigenvalue weighted by Gasteiger charge is 2.20. The van der Waals surface area contributed by atoms with Crippen LogP contribution < -0.4 is 5.32 Å². The number of rotatable bonds is 4. The number of aromatic nitrogens is 4. The minimum atomic E-state index is 0.596. The van der Waals surface area contributed by atoms with E-state index in [1.807, 2.05) is 19.1 Å². The third-order valence-corrected chi connectivity index (χ3v) is 4.12. The van der Waals surface area contributed by atoms with Crippen LogP contribution in [0, 0.1) is 6.92 Å². The van der Waals surface area contributed by atoms with Crippen LogP contribution in [0.15, 0.2) is 35.3 Å². The van der Waals surface area contributed by atoms with E-state index in [1.165, 1.54) is 5.56 Å². The molecule has 3 aromatic rings. The van der Waals surface area contributed by atoms with Crippen LogP contribution in [0.1, 0.15) is 28.9 Å². The van der Waals surface area contributed by atoms with Gasteiger partial charge in [0.25, 0.3) is 0 Å². The quantitative estimate of drug-likeness (QED) is 0.798. The zero-order chi connectivity index (χ0) is 15.6. The second-order valence-electron chi connectivity index (χ2n) is 5.71. The molecule has 0 bridgehead atoms. The van der Waals surface area contributed by atoms with Crippen LogP contribution in [-0.4, -0.2) is 20.1 Å². The molecule has 0 spiro atoms. The number of fused-ring (bicyclic) bond motifs is 1. The Morgan fingerprint density at radius 2 is 2.22 bits per heavy atom. The summed E-state index contributed by atoms with van der Waals surface area (Å²) in [4.78, 5) is 13.6. The molecule has 23 heavy (non-hydrogen) atoms. The molecule has 0 unspecified atom stereocenters. The number of hydrogen-bond donors (Lipinski definition) is 1. The smallest absolute Gasteiger partial charge is 0.163 e. The van der Waals surface area contributed by atoms with E-state index in [4.69, 9.17) is 14.5 Å². The zero-order valence-electron chi connectivity index (χ0n) is 12.9. The topological polar surface area (TPSA) is 76.7 Å². The second-order valence-corrected chi connectivity index (χ2v) is 5.71. The molecule has 0 saturated heterocycles. The molecule has 1 N–H and O–H groups in total. The molecule has 1 aliphatic rings. The third-order valence-electron chi connectivity index (χ3n) is 4.12. The van der Waals surface area contributed by atoms with Gasteiger partial charge in [-0.2, -0.15) is 0 Å². The van der Waals surface area contributed by atoms with E-state index in [0.29, 0.717) is 6.54 Å². The van der Waals surface area contributed by atoms with Crippen molar-refractivity contribution < 1.29 is 4.52 Å². The first kappa shape index (κ1) is 13.9. The van der Waals surface area contributed by atoms with Gasteiger partial charge in [-0.3, -0.25) is 4.98 Å². The van der Waals surface area contributed by atoms with Gasteiger partial charge in [0, 0.05) is 34.8 Å². The maximum atomic E-state index is 4.99. The van der Waals surface area contributed by atoms with E-state index < -0.39 is 0 Å². The van der Waals surface area contributed by atoms with Crippen molar-refractivity contribution in [3.8, 4) is 11.4 Å². The molecule has 6 heteroatoms. The zero-order valence-corrected chi connectivity index (χ0v) is 12.9. The Morgan fingerprint density at radius 3 is 3.00 bits per heavy atom. The van der Waals surface area contributed by atoms with Crippen LogP contribution in [0.2, 0.25) is 0 Å². The van der Waals surface area contributed by atoms with Crippen molar-refractivity contribution in [1.29, 1.82) is 0 Å². The van der Waals surface area contributed by atoms with Gasteiger partial charge < -0.3 is 9.84 Å². The molecule has 0 atom stereocenters. The molecule has 1 aliphatic carbocycles. The lowest BCUT2D eigenvalue weighted by Gasteiger charge is -2.11. The molecule has 0 radical (unpaired) electrons. The van der Waals surface area contributed by atoms with Gasteiger partial charge in [-0.15, -0.1) is 0 Å². The Kier molecular flexibility index (Phi) is 3.49. The van der Waals surface area contributed by atoms with Crippen LogP contribution in [0.3, 0.4) is 0 Å². The standard InChI is InChI=1S/C17H17N5O/c1-11-10-23-22-15(11)9-19-17-13-5-2-6-14(13)20-16(21-17)12-4-3-7-18-8-12/h3-4,7-8,10H,2,5-6,9H2,1H3,(H,19,20,21). The first-order valence-corrected chi connectivity index (χ1v) is 7.75. The van der Waals surface area contributed by atoms with Crippen molar-refractivity contribution in [1.82, 2.24) is 20.1 Å². The van der Waals surface area contributed by atoms with Gasteiger partial charge in [0.2, 0.25) is 0 Å². The molecule has 3 aromatic heterocycles. The van der Waals surface area contributed by atoms with Crippen LogP contribution >= 0.6 is 0 Å². The van der Waals surface area contributed by atoms with Gasteiger partial charge in [0.1, 0.15) is 17.8 Å². The fraction of sp³-hybridized carbons (Fsp3) is 0.294. The highest BCUT2D eigenvalue weighted by atomic mass is 16.5. The van der Waals surface area contributed by atoms with Crippen molar-refractivity contribution >= 4 is 5.82 Å². The maximum absolute atomic E-state index is 4.99. The Morgan fingerprint density at radius 1 is 1.26 bits per heavy atom. The van der Waals surface area contributed by atoms with Crippen LogP contribution in [0.4, 0.5) is 5.82 Å². The van der Waals surface area contributed by atoms with E-state index in [1.54, 1.807) is 18.7 Å². The maximum Gasteiger partial charge on any atom is 0.163 e. The summed E-state index contributed by atoms with van der Waals surface area (Å²) >= 11 is 0. The molecule has 4 rings (SSSR count). The summed E-state index contributed by atoms with van der Waals surface area (Å²) in [5.41, 5.74) is 5.23. The highest BCUT2D eigenvalue weighted by Crippen LogP contribution is 2.29. The molecule has 0 amide bonds. The Bertz CT molecular complexity index is 828. The van der Waals surface area contributed by atoms with Gasteiger partial charge in [0.05, 0.1) is 6.54 Å². The number of nitrogens with zero attached hydrogens (tertiary/aromatic N) is 4. The van der Waals surface area contributed by atoms with Gasteiger partial charge in [-0.25, -0.2) is 9.97 Å². The summed E-state index contributed by atoms with van der Waals surface area (Å²) in [5.74, 6) is 1.62. The molecular formula is C17H17N5O. The summed E-state index contributed by atoms with van der Waals surface area (Å²) in [5, 5.41) is 7.42. The number of hydrogen-bond acceptors (Lipinski definition) is 6. The Labute approximate surface area is 134 Å². The lowest BCUT2D eigenvalue weighted by atomic mass is 10.2. The first-order valence-electron chi connectivity index (χ1n) is 7.75. The average molecular weight is 307 g/mol. The summed E-state index contributed by atoms with van der Waals surface area (Å²) in [7, 11) is 0. The van der Waals surface area contributed by atoms with E-state index in [-0.39, 0.29) is 0 Å². The van der Waals surface area contributed by atoms with Crippen molar-refractivity contribution in [3.63, 3.8) is 0 Å². The van der Waals surface area contributed by atoms with Crippen LogP contribution in [0.25, 0.3) is 11.4 Å². The van der Waals surface area contributed by atoms with Gasteiger partial charge in [0.15, 0.2) is 5.82 Å². The second kappa shape index (κ2) is 5.79. The van der Waals surface area contributed by atoms with Gasteiger partial charge in [-0.1, -0.05) is 5.16 Å². The fourth-order valence-corrected chi connectivity index (χ4v) is 2.85. The van der Waals surface area contributed by atoms with Crippen molar-refractivity contribution in [3.05, 3.63) is 53.3 Å². The number of pyridine rings is 1. The number of nitrogens with one attached hydrogen (secondary N) is 1. The van der Waals surface area contributed by atoms with E-state index >= 15 is 0 Å². The molecular weight excluding hydrogens is 290 g/mol. The summed E-state index contributed by atoms with van der Waals surface area (Å²) in [6.07, 6.45) is 8.35. The molecule has 0 fully saturated rings. The molecule has 6 nitrogen and oxygen atoms in total. The minimum Gasteiger partial charge on any atom is -0.364 e. The molecule has 0 aliphatic heterocycles. The van der Waals surface area contributed by atoms with Crippen molar-refractivity contribution in [2.75, 3.05) is 5.32 Å². The molecule has 3 heterocycles. The fourth-order valence-electron chi connectivity index (χ4n) is 2.85. The highest BCUT2D eigenvalue weighted by molar-refractivity contribution is 5.59. The third kappa shape index (κ3) is 2.67. The summed E-state index contributed by atoms with van der Waals surface area (Å²) in [6.45, 7) is 2.58. The van der Waals surface area contributed by atoms with E-state index in [0.717, 1.165) is 53.4 Å². The molecule has 116 valence electrons. The molecule has 0 saturated carbocycles. The lowest BCUT2D eigenvalue weighted by molar-refractivity contribution is 0.412. The van der Waals surface area contributed by atoms with Crippen molar-refractivity contribution in [2.45, 2.75) is 32.7 Å². The summed E-state index contributed by atoms with van der Waals surface area (Å²) < 4.78 is 4.99. The lowest BCUT2D eigenvalue weighted by Crippen LogP contribution is -2.08.